The molecular formula is C55H104. The Bertz CT molecular complexity index is 1190. The van der Waals surface area contributed by atoms with Crippen LogP contribution in [0.3, 0.4) is 0 Å². The zero-order valence-corrected chi connectivity index (χ0v) is 34.4. The van der Waals surface area contributed by atoms with Gasteiger partial charge in [0.25, 0.3) is 0 Å². The first kappa shape index (κ1) is 57.8. The van der Waals surface area contributed by atoms with E-state index in [-0.39, 0.29) is 44.6 Å². The third-order valence-corrected chi connectivity index (χ3v) is 14.4. The zero-order valence-electron chi connectivity index (χ0n) is 34.4. The minimum atomic E-state index is 0. The van der Waals surface area contributed by atoms with Gasteiger partial charge in [-0.25, -0.2) is 0 Å². The lowest BCUT2D eigenvalue weighted by atomic mass is 9.74. The first-order valence-corrected chi connectivity index (χ1v) is 21.5. The van der Waals surface area contributed by atoms with Crippen molar-refractivity contribution in [3.8, 4) is 0 Å². The van der Waals surface area contributed by atoms with Crippen LogP contribution in [0.4, 0.5) is 0 Å². The van der Waals surface area contributed by atoms with Crippen LogP contribution in [0, 0.1) is 88.9 Å². The fraction of sp³-hybridized carbons (Fsp3) is 0.782. The Morgan fingerprint density at radius 2 is 0.691 bits per heavy atom. The lowest BCUT2D eigenvalue weighted by Crippen LogP contribution is -2.19. The summed E-state index contributed by atoms with van der Waals surface area (Å²) in [4.78, 5) is 0. The molecule has 0 heteroatoms. The summed E-state index contributed by atoms with van der Waals surface area (Å²) in [6, 6.07) is 9.46. The van der Waals surface area contributed by atoms with Crippen LogP contribution in [-0.2, 0) is 12.8 Å². The summed E-state index contributed by atoms with van der Waals surface area (Å²) in [5.74, 6) is 8.04. The highest BCUT2D eigenvalue weighted by Crippen LogP contribution is 2.38. The molecule has 6 rings (SSSR count). The van der Waals surface area contributed by atoms with Crippen molar-refractivity contribution >= 4 is 0 Å². The molecule has 0 N–H and O–H groups in total. The van der Waals surface area contributed by atoms with Gasteiger partial charge in [-0.1, -0.05) is 174 Å². The van der Waals surface area contributed by atoms with Crippen molar-refractivity contribution in [1.29, 1.82) is 0 Å². The summed E-state index contributed by atoms with van der Waals surface area (Å²) < 4.78 is 0. The molecule has 4 fully saturated rings. The standard InChI is InChI=1S/2C17H26.C15H28.6CH4/c1-12-5-8-16(9-6-12)11-17-10-7-13(2)14(3)15(17)4;1-12-5-7-16(8-6-12)11-17-9-13(2)15(4)14(3)10-17;1-12-3-7-14(8-4-12)11-15-9-5-13(2)6-10-15;;;;;;/h7,10,12,16H,5-6,8-9,11H2,1-4H3;9-10,12,16H,5-8,11H2,1-4H3;12-15H,3-11H2,1-2H3;6*1H4. The minimum Gasteiger partial charge on any atom is -0.0776 e. The van der Waals surface area contributed by atoms with Gasteiger partial charge in [-0.05, 0) is 178 Å². The quantitative estimate of drug-likeness (QED) is 0.275. The van der Waals surface area contributed by atoms with Gasteiger partial charge in [-0.2, -0.15) is 0 Å². The summed E-state index contributed by atoms with van der Waals surface area (Å²) in [6.45, 7) is 23.2. The Kier molecular flexibility index (Phi) is 30.2. The fourth-order valence-electron chi connectivity index (χ4n) is 9.79. The molecule has 0 nitrogen and oxygen atoms in total. The molecule has 4 aliphatic rings. The van der Waals surface area contributed by atoms with Gasteiger partial charge in [0, 0.05) is 0 Å². The first-order valence-electron chi connectivity index (χ1n) is 21.5. The van der Waals surface area contributed by atoms with Crippen molar-refractivity contribution in [3.05, 3.63) is 68.8 Å². The topological polar surface area (TPSA) is 0 Å². The summed E-state index contributed by atoms with van der Waals surface area (Å²) in [5.41, 5.74) is 12.0. The van der Waals surface area contributed by atoms with E-state index in [9.17, 15) is 0 Å². The van der Waals surface area contributed by atoms with E-state index in [4.69, 9.17) is 0 Å². The molecule has 0 atom stereocenters. The monoisotopic (exact) mass is 765 g/mol. The smallest absolute Gasteiger partial charge is 0.0248 e. The Hall–Kier alpha value is -1.56. The predicted molar refractivity (Wildman–Crippen MR) is 258 cm³/mol. The Morgan fingerprint density at radius 1 is 0.364 bits per heavy atom. The predicted octanol–water partition coefficient (Wildman–Crippen LogP) is 18.8. The number of benzene rings is 2. The molecule has 324 valence electrons. The first-order chi connectivity index (χ1) is 23.4. The van der Waals surface area contributed by atoms with E-state index >= 15 is 0 Å². The van der Waals surface area contributed by atoms with Gasteiger partial charge in [0.15, 0.2) is 0 Å². The average molecular weight is 765 g/mol. The van der Waals surface area contributed by atoms with Crippen LogP contribution >= 0.6 is 0 Å². The molecule has 0 spiro atoms. The second-order valence-corrected chi connectivity index (χ2v) is 18.8. The van der Waals surface area contributed by atoms with E-state index < -0.39 is 0 Å². The number of rotatable bonds is 6. The van der Waals surface area contributed by atoms with Crippen LogP contribution in [0.15, 0.2) is 24.3 Å². The Balaban J connectivity index is -0.000000701. The van der Waals surface area contributed by atoms with E-state index in [2.05, 4.69) is 93.5 Å². The van der Waals surface area contributed by atoms with E-state index in [0.29, 0.717) is 0 Å². The van der Waals surface area contributed by atoms with Gasteiger partial charge in [-0.15, -0.1) is 0 Å². The molecule has 2 aromatic carbocycles. The summed E-state index contributed by atoms with van der Waals surface area (Å²) >= 11 is 0. The molecule has 2 aromatic rings. The maximum absolute atomic E-state index is 2.43. The average Bonchev–Trinajstić information content (AvgIpc) is 3.08. The SMILES string of the molecule is C.C.C.C.C.C.CC1CCC(CC2CCC(C)CC2)CC1.Cc1cc(CC2CCC(C)CC2)cc(C)c1C.Cc1ccc(CC2CCC(C)CC2)c(C)c1C. The second-order valence-electron chi connectivity index (χ2n) is 18.8. The highest BCUT2D eigenvalue weighted by atomic mass is 14.3. The van der Waals surface area contributed by atoms with Crippen LogP contribution in [0.5, 0.6) is 0 Å². The molecule has 0 amide bonds. The van der Waals surface area contributed by atoms with Crippen LogP contribution in [-0.4, -0.2) is 0 Å². The van der Waals surface area contributed by atoms with Crippen molar-refractivity contribution in [2.75, 3.05) is 0 Å². The minimum absolute atomic E-state index is 0. The van der Waals surface area contributed by atoms with Crippen LogP contribution < -0.4 is 0 Å². The number of aryl methyl sites for hydroxylation is 3. The normalized spacial score (nSPS) is 27.1. The van der Waals surface area contributed by atoms with Crippen LogP contribution in [0.1, 0.15) is 226 Å². The van der Waals surface area contributed by atoms with Crippen LogP contribution in [0.2, 0.25) is 0 Å². The summed E-state index contributed by atoms with van der Waals surface area (Å²) in [7, 11) is 0. The van der Waals surface area contributed by atoms with E-state index in [1.165, 1.54) is 149 Å². The van der Waals surface area contributed by atoms with Gasteiger partial charge in [-0.3, -0.25) is 0 Å². The highest BCUT2D eigenvalue weighted by Gasteiger charge is 2.25. The van der Waals surface area contributed by atoms with Gasteiger partial charge >= 0.3 is 0 Å². The maximum Gasteiger partial charge on any atom is -0.0248 e. The summed E-state index contributed by atoms with van der Waals surface area (Å²) in [5, 5.41) is 0. The number of hydrogen-bond donors (Lipinski definition) is 0. The number of hydrogen-bond acceptors (Lipinski definition) is 0. The van der Waals surface area contributed by atoms with Crippen molar-refractivity contribution < 1.29 is 0 Å². The zero-order chi connectivity index (χ0) is 35.5. The second kappa shape index (κ2) is 28.8. The molecule has 0 unspecified atom stereocenters. The molecule has 4 aliphatic carbocycles. The molecule has 0 saturated heterocycles. The largest absolute Gasteiger partial charge is 0.0776 e. The van der Waals surface area contributed by atoms with E-state index in [0.717, 1.165) is 47.3 Å². The van der Waals surface area contributed by atoms with Crippen molar-refractivity contribution in [1.82, 2.24) is 0 Å². The lowest BCUT2D eigenvalue weighted by Gasteiger charge is -2.32. The molecule has 0 radical (unpaired) electrons. The van der Waals surface area contributed by atoms with Gasteiger partial charge < -0.3 is 0 Å². The summed E-state index contributed by atoms with van der Waals surface area (Å²) in [6.07, 6.45) is 27.9. The third-order valence-electron chi connectivity index (χ3n) is 14.4. The van der Waals surface area contributed by atoms with Crippen molar-refractivity contribution in [2.45, 2.75) is 236 Å². The molecule has 0 aromatic heterocycles. The van der Waals surface area contributed by atoms with E-state index in [1.54, 1.807) is 17.5 Å². The van der Waals surface area contributed by atoms with Crippen molar-refractivity contribution in [3.63, 3.8) is 0 Å². The van der Waals surface area contributed by atoms with Gasteiger partial charge in [0.2, 0.25) is 0 Å². The molecule has 55 heavy (non-hydrogen) atoms. The molecule has 0 heterocycles. The molecule has 0 bridgehead atoms. The molecule has 4 saturated carbocycles. The lowest BCUT2D eigenvalue weighted by molar-refractivity contribution is 0.201. The Labute approximate surface area is 350 Å². The van der Waals surface area contributed by atoms with Gasteiger partial charge in [0.1, 0.15) is 0 Å². The fourth-order valence-corrected chi connectivity index (χ4v) is 9.79. The highest BCUT2D eigenvalue weighted by molar-refractivity contribution is 5.39. The van der Waals surface area contributed by atoms with Gasteiger partial charge in [0.05, 0.1) is 0 Å². The third kappa shape index (κ3) is 19.2. The van der Waals surface area contributed by atoms with Crippen molar-refractivity contribution in [2.24, 2.45) is 47.3 Å². The molecule has 0 aliphatic heterocycles. The van der Waals surface area contributed by atoms with E-state index in [1.807, 2.05) is 0 Å². The molecular weight excluding hydrogens is 661 g/mol. The van der Waals surface area contributed by atoms with Crippen LogP contribution in [0.25, 0.3) is 0 Å². The Morgan fingerprint density at radius 3 is 1.05 bits per heavy atom. The maximum atomic E-state index is 2.43.